The van der Waals surface area contributed by atoms with Crippen molar-refractivity contribution >= 4 is 23.5 Å². The SMILES string of the molecule is CN(C(=O)c1cncc(C(=O)N(C)c2ccccn2)c1)c1ccccn1. The topological polar surface area (TPSA) is 79.3 Å². The molecule has 7 heteroatoms. The summed E-state index contributed by atoms with van der Waals surface area (Å²) in [6, 6.07) is 12.1. The molecule has 3 aromatic rings. The Hall–Kier alpha value is -3.61. The van der Waals surface area contributed by atoms with Crippen LogP contribution in [-0.4, -0.2) is 40.9 Å². The van der Waals surface area contributed by atoms with Gasteiger partial charge in [0.25, 0.3) is 11.8 Å². The fraction of sp³-hybridized carbons (Fsp3) is 0.105. The van der Waals surface area contributed by atoms with Crippen molar-refractivity contribution in [2.45, 2.75) is 0 Å². The number of hydrogen-bond acceptors (Lipinski definition) is 5. The first kappa shape index (κ1) is 17.2. The van der Waals surface area contributed by atoms with Gasteiger partial charge < -0.3 is 0 Å². The molecule has 0 aromatic carbocycles. The molecule has 7 nitrogen and oxygen atoms in total. The van der Waals surface area contributed by atoms with Gasteiger partial charge in [-0.2, -0.15) is 0 Å². The number of amides is 2. The first-order valence-corrected chi connectivity index (χ1v) is 7.91. The third kappa shape index (κ3) is 3.56. The van der Waals surface area contributed by atoms with Crippen molar-refractivity contribution in [1.29, 1.82) is 0 Å². The molecule has 0 saturated carbocycles. The Labute approximate surface area is 151 Å². The van der Waals surface area contributed by atoms with E-state index in [1.807, 2.05) is 0 Å². The highest BCUT2D eigenvalue weighted by Crippen LogP contribution is 2.15. The third-order valence-electron chi connectivity index (χ3n) is 3.83. The lowest BCUT2D eigenvalue weighted by Crippen LogP contribution is -2.29. The standard InChI is InChI=1S/C19H17N5O2/c1-23(16-7-3-5-9-21-16)18(25)14-11-15(13-20-12-14)19(26)24(2)17-8-4-6-10-22-17/h3-13H,1-2H3. The van der Waals surface area contributed by atoms with Crippen LogP contribution in [-0.2, 0) is 0 Å². The summed E-state index contributed by atoms with van der Waals surface area (Å²) < 4.78 is 0. The number of carbonyl (C=O) groups excluding carboxylic acids is 2. The van der Waals surface area contributed by atoms with Gasteiger partial charge in [0, 0.05) is 38.9 Å². The molecule has 0 unspecified atom stereocenters. The minimum atomic E-state index is -0.300. The van der Waals surface area contributed by atoms with E-state index >= 15 is 0 Å². The average Bonchev–Trinajstić information content (AvgIpc) is 2.73. The van der Waals surface area contributed by atoms with Crippen molar-refractivity contribution < 1.29 is 9.59 Å². The zero-order valence-electron chi connectivity index (χ0n) is 14.4. The highest BCUT2D eigenvalue weighted by atomic mass is 16.2. The Morgan fingerprint density at radius 2 is 1.23 bits per heavy atom. The smallest absolute Gasteiger partial charge is 0.260 e. The molecule has 130 valence electrons. The van der Waals surface area contributed by atoms with Crippen molar-refractivity contribution in [3.05, 3.63) is 78.4 Å². The summed E-state index contributed by atoms with van der Waals surface area (Å²) in [6.07, 6.45) is 6.08. The van der Waals surface area contributed by atoms with Crippen molar-refractivity contribution in [1.82, 2.24) is 15.0 Å². The second-order valence-corrected chi connectivity index (χ2v) is 5.57. The van der Waals surface area contributed by atoms with E-state index in [1.54, 1.807) is 62.9 Å². The molecule has 3 rings (SSSR count). The number of aromatic nitrogens is 3. The lowest BCUT2D eigenvalue weighted by Gasteiger charge is -2.18. The number of anilines is 2. The molecule has 3 heterocycles. The molecule has 0 fully saturated rings. The van der Waals surface area contributed by atoms with Gasteiger partial charge in [0.1, 0.15) is 11.6 Å². The van der Waals surface area contributed by atoms with Crippen LogP contribution in [0, 0.1) is 0 Å². The second kappa shape index (κ2) is 7.52. The predicted molar refractivity (Wildman–Crippen MR) is 98.2 cm³/mol. The van der Waals surface area contributed by atoms with Gasteiger partial charge in [-0.15, -0.1) is 0 Å². The van der Waals surface area contributed by atoms with Crippen LogP contribution in [0.2, 0.25) is 0 Å². The van der Waals surface area contributed by atoms with Gasteiger partial charge in [0.15, 0.2) is 0 Å². The molecule has 0 radical (unpaired) electrons. The molecule has 0 N–H and O–H groups in total. The monoisotopic (exact) mass is 347 g/mol. The van der Waals surface area contributed by atoms with E-state index < -0.39 is 0 Å². The molecule has 26 heavy (non-hydrogen) atoms. The van der Waals surface area contributed by atoms with Crippen LogP contribution < -0.4 is 9.80 Å². The number of nitrogens with zero attached hydrogens (tertiary/aromatic N) is 5. The largest absolute Gasteiger partial charge is 0.296 e. The first-order valence-electron chi connectivity index (χ1n) is 7.91. The lowest BCUT2D eigenvalue weighted by atomic mass is 10.1. The van der Waals surface area contributed by atoms with Crippen LogP contribution in [0.4, 0.5) is 11.6 Å². The van der Waals surface area contributed by atoms with Crippen LogP contribution in [0.15, 0.2) is 67.3 Å². The highest BCUT2D eigenvalue weighted by molar-refractivity contribution is 6.09. The van der Waals surface area contributed by atoms with Crippen LogP contribution in [0.3, 0.4) is 0 Å². The van der Waals surface area contributed by atoms with Gasteiger partial charge in [-0.3, -0.25) is 24.4 Å². The Balaban J connectivity index is 1.84. The van der Waals surface area contributed by atoms with Gasteiger partial charge >= 0.3 is 0 Å². The Kier molecular flexibility index (Phi) is 4.98. The normalized spacial score (nSPS) is 10.2. The van der Waals surface area contributed by atoms with Gasteiger partial charge in [-0.1, -0.05) is 12.1 Å². The van der Waals surface area contributed by atoms with E-state index in [9.17, 15) is 9.59 Å². The van der Waals surface area contributed by atoms with E-state index in [2.05, 4.69) is 15.0 Å². The maximum absolute atomic E-state index is 12.7. The summed E-state index contributed by atoms with van der Waals surface area (Å²) in [6.45, 7) is 0. The van der Waals surface area contributed by atoms with E-state index in [0.29, 0.717) is 22.8 Å². The van der Waals surface area contributed by atoms with E-state index in [0.717, 1.165) is 0 Å². The van der Waals surface area contributed by atoms with Crippen LogP contribution >= 0.6 is 0 Å². The van der Waals surface area contributed by atoms with Crippen molar-refractivity contribution in [3.8, 4) is 0 Å². The molecule has 0 atom stereocenters. The van der Waals surface area contributed by atoms with Crippen molar-refractivity contribution in [2.75, 3.05) is 23.9 Å². The van der Waals surface area contributed by atoms with Gasteiger partial charge in [-0.05, 0) is 30.3 Å². The minimum absolute atomic E-state index is 0.300. The molecule has 0 bridgehead atoms. The average molecular weight is 347 g/mol. The molecule has 3 aromatic heterocycles. The number of carbonyl (C=O) groups is 2. The van der Waals surface area contributed by atoms with E-state index in [1.165, 1.54) is 28.3 Å². The molecule has 0 spiro atoms. The van der Waals surface area contributed by atoms with Gasteiger partial charge in [-0.25, -0.2) is 9.97 Å². The summed E-state index contributed by atoms with van der Waals surface area (Å²) >= 11 is 0. The second-order valence-electron chi connectivity index (χ2n) is 5.57. The molecule has 0 aliphatic rings. The van der Waals surface area contributed by atoms with Gasteiger partial charge in [0.05, 0.1) is 11.1 Å². The summed E-state index contributed by atoms with van der Waals surface area (Å²) in [4.78, 5) is 40.5. The number of hydrogen-bond donors (Lipinski definition) is 0. The van der Waals surface area contributed by atoms with Crippen LogP contribution in [0.25, 0.3) is 0 Å². The molecule has 2 amide bonds. The Bertz CT molecular complexity index is 843. The quantitative estimate of drug-likeness (QED) is 0.724. The maximum Gasteiger partial charge on any atom is 0.260 e. The molecular weight excluding hydrogens is 330 g/mol. The lowest BCUT2D eigenvalue weighted by molar-refractivity contribution is 0.0991. The highest BCUT2D eigenvalue weighted by Gasteiger charge is 2.19. The summed E-state index contributed by atoms with van der Waals surface area (Å²) in [5.74, 6) is 0.428. The summed E-state index contributed by atoms with van der Waals surface area (Å²) in [7, 11) is 3.25. The van der Waals surface area contributed by atoms with Crippen LogP contribution in [0.1, 0.15) is 20.7 Å². The van der Waals surface area contributed by atoms with E-state index in [-0.39, 0.29) is 11.8 Å². The Morgan fingerprint density at radius 3 is 1.62 bits per heavy atom. The number of pyridine rings is 3. The van der Waals surface area contributed by atoms with Crippen LogP contribution in [0.5, 0.6) is 0 Å². The fourth-order valence-corrected chi connectivity index (χ4v) is 2.37. The third-order valence-corrected chi connectivity index (χ3v) is 3.83. The number of rotatable bonds is 4. The molecule has 0 saturated heterocycles. The predicted octanol–water partition coefficient (Wildman–Crippen LogP) is 2.42. The first-order chi connectivity index (χ1) is 12.6. The summed E-state index contributed by atoms with van der Waals surface area (Å²) in [5, 5.41) is 0. The fourth-order valence-electron chi connectivity index (χ4n) is 2.37. The molecular formula is C19H17N5O2. The maximum atomic E-state index is 12.7. The summed E-state index contributed by atoms with van der Waals surface area (Å²) in [5.41, 5.74) is 0.608. The molecule has 0 aliphatic heterocycles. The van der Waals surface area contributed by atoms with E-state index in [4.69, 9.17) is 0 Å². The van der Waals surface area contributed by atoms with Gasteiger partial charge in [0.2, 0.25) is 0 Å². The molecule has 0 aliphatic carbocycles. The minimum Gasteiger partial charge on any atom is -0.296 e. The Morgan fingerprint density at radius 1 is 0.769 bits per heavy atom. The van der Waals surface area contributed by atoms with Crippen molar-refractivity contribution in [3.63, 3.8) is 0 Å². The zero-order valence-corrected chi connectivity index (χ0v) is 14.4. The van der Waals surface area contributed by atoms with Crippen molar-refractivity contribution in [2.24, 2.45) is 0 Å². The zero-order chi connectivity index (χ0) is 18.5.